The van der Waals surface area contributed by atoms with E-state index >= 15 is 0 Å². The quantitative estimate of drug-likeness (QED) is 0.418. The molecule has 0 atom stereocenters. The molecule has 5 heteroatoms. The lowest BCUT2D eigenvalue weighted by atomic mass is 9.93. The first-order chi connectivity index (χ1) is 14.5. The van der Waals surface area contributed by atoms with E-state index in [-0.39, 0.29) is 11.6 Å². The number of carbonyl (C=O) groups is 1. The minimum Gasteiger partial charge on any atom is -0.381 e. The second-order valence-electron chi connectivity index (χ2n) is 8.09. The summed E-state index contributed by atoms with van der Waals surface area (Å²) in [6.07, 6.45) is 8.85. The van der Waals surface area contributed by atoms with Crippen LogP contribution in [0.25, 0.3) is 22.0 Å². The number of hydrogen-bond acceptors (Lipinski definition) is 3. The largest absolute Gasteiger partial charge is 0.381 e. The monoisotopic (exact) mass is 424 g/mol. The predicted molar refractivity (Wildman–Crippen MR) is 122 cm³/mol. The molecule has 0 radical (unpaired) electrons. The van der Waals surface area contributed by atoms with Crippen molar-refractivity contribution in [3.8, 4) is 11.1 Å². The highest BCUT2D eigenvalue weighted by Crippen LogP contribution is 2.34. The van der Waals surface area contributed by atoms with Gasteiger partial charge in [-0.25, -0.2) is 4.39 Å². The van der Waals surface area contributed by atoms with Crippen LogP contribution in [0.1, 0.15) is 62.2 Å². The fourth-order valence-electron chi connectivity index (χ4n) is 4.27. The topological polar surface area (TPSA) is 42.0 Å². The molecule has 4 rings (SSSR count). The molecular formula is C25H26ClFN2O. The Morgan fingerprint density at radius 1 is 1.13 bits per heavy atom. The number of pyridine rings is 1. The van der Waals surface area contributed by atoms with Crippen LogP contribution in [-0.4, -0.2) is 16.8 Å². The number of anilines is 1. The summed E-state index contributed by atoms with van der Waals surface area (Å²) in [6, 6.07) is 10.7. The van der Waals surface area contributed by atoms with Crippen LogP contribution in [0.2, 0.25) is 5.02 Å². The van der Waals surface area contributed by atoms with Crippen molar-refractivity contribution in [3.63, 3.8) is 0 Å². The second kappa shape index (κ2) is 9.13. The van der Waals surface area contributed by atoms with Crippen LogP contribution in [-0.2, 0) is 0 Å². The smallest absolute Gasteiger partial charge is 0.166 e. The van der Waals surface area contributed by atoms with E-state index < -0.39 is 0 Å². The van der Waals surface area contributed by atoms with Gasteiger partial charge in [0.2, 0.25) is 0 Å². The van der Waals surface area contributed by atoms with Gasteiger partial charge in [0.05, 0.1) is 16.8 Å². The Kier molecular flexibility index (Phi) is 6.33. The first-order valence-corrected chi connectivity index (χ1v) is 11.1. The van der Waals surface area contributed by atoms with Crippen molar-refractivity contribution in [3.05, 3.63) is 59.0 Å². The Hall–Kier alpha value is -2.46. The Balaban J connectivity index is 1.84. The molecule has 1 aliphatic carbocycles. The average Bonchev–Trinajstić information content (AvgIpc) is 2.74. The zero-order chi connectivity index (χ0) is 21.1. The molecule has 1 saturated carbocycles. The van der Waals surface area contributed by atoms with Crippen molar-refractivity contribution in [1.82, 2.24) is 4.98 Å². The van der Waals surface area contributed by atoms with E-state index in [0.717, 1.165) is 41.4 Å². The summed E-state index contributed by atoms with van der Waals surface area (Å²) in [5, 5.41) is 4.92. The summed E-state index contributed by atoms with van der Waals surface area (Å²) >= 11 is 6.07. The molecule has 30 heavy (non-hydrogen) atoms. The van der Waals surface area contributed by atoms with Crippen molar-refractivity contribution >= 4 is 34.0 Å². The number of nitrogens with one attached hydrogen (secondary N) is 1. The Morgan fingerprint density at radius 2 is 1.93 bits per heavy atom. The minimum atomic E-state index is -0.372. The number of Topliss-reactive ketones (excluding diaryl/α,β-unsaturated/α-hetero) is 1. The molecule has 0 saturated heterocycles. The molecule has 0 bridgehead atoms. The number of rotatable bonds is 6. The summed E-state index contributed by atoms with van der Waals surface area (Å²) in [5.74, 6) is -0.271. The molecule has 1 aromatic heterocycles. The summed E-state index contributed by atoms with van der Waals surface area (Å²) in [5.41, 5.74) is 3.86. The normalized spacial score (nSPS) is 14.8. The maximum atomic E-state index is 13.9. The number of fused-ring (bicyclic) bond motifs is 1. The lowest BCUT2D eigenvalue weighted by Gasteiger charge is -2.26. The fourth-order valence-corrected chi connectivity index (χ4v) is 4.49. The molecule has 3 nitrogen and oxygen atoms in total. The third-order valence-corrected chi connectivity index (χ3v) is 6.01. The predicted octanol–water partition coefficient (Wildman–Crippen LogP) is 7.42. The molecule has 0 aliphatic heterocycles. The molecule has 0 spiro atoms. The van der Waals surface area contributed by atoms with E-state index in [1.807, 2.05) is 25.1 Å². The van der Waals surface area contributed by atoms with Gasteiger partial charge in [0.15, 0.2) is 5.78 Å². The van der Waals surface area contributed by atoms with E-state index in [0.29, 0.717) is 28.6 Å². The van der Waals surface area contributed by atoms with E-state index in [4.69, 9.17) is 11.6 Å². The summed E-state index contributed by atoms with van der Waals surface area (Å²) in [6.45, 7) is 2.01. The van der Waals surface area contributed by atoms with Crippen LogP contribution in [0.4, 0.5) is 10.1 Å². The van der Waals surface area contributed by atoms with E-state index in [1.165, 1.54) is 31.4 Å². The molecule has 3 aromatic rings. The number of nitrogens with zero attached hydrogens (tertiary/aromatic N) is 1. The Bertz CT molecular complexity index is 1060. The van der Waals surface area contributed by atoms with Gasteiger partial charge in [-0.2, -0.15) is 0 Å². The van der Waals surface area contributed by atoms with Gasteiger partial charge in [0.1, 0.15) is 5.82 Å². The second-order valence-corrected chi connectivity index (χ2v) is 8.53. The highest BCUT2D eigenvalue weighted by molar-refractivity contribution is 6.30. The van der Waals surface area contributed by atoms with Gasteiger partial charge in [0, 0.05) is 29.1 Å². The van der Waals surface area contributed by atoms with Crippen molar-refractivity contribution in [2.45, 2.75) is 57.9 Å². The van der Waals surface area contributed by atoms with Gasteiger partial charge in [-0.1, -0.05) is 43.9 Å². The average molecular weight is 425 g/mol. The summed E-state index contributed by atoms with van der Waals surface area (Å²) in [7, 11) is 0. The first-order valence-electron chi connectivity index (χ1n) is 10.7. The van der Waals surface area contributed by atoms with Gasteiger partial charge in [-0.05, 0) is 60.7 Å². The van der Waals surface area contributed by atoms with Gasteiger partial charge >= 0.3 is 0 Å². The highest BCUT2D eigenvalue weighted by Gasteiger charge is 2.20. The molecular weight excluding hydrogens is 399 g/mol. The molecule has 0 unspecified atom stereocenters. The fraction of sp³-hybridized carbons (Fsp3) is 0.360. The zero-order valence-corrected chi connectivity index (χ0v) is 17.9. The number of aromatic nitrogens is 1. The van der Waals surface area contributed by atoms with Crippen molar-refractivity contribution in [2.24, 2.45) is 0 Å². The SMILES string of the molecule is CCCC(=O)c1cnc2ccc(-c3cc(F)cc(Cl)c3)cc2c1NC1CCCCC1. The minimum absolute atomic E-state index is 0.101. The molecule has 156 valence electrons. The number of ketones is 1. The summed E-state index contributed by atoms with van der Waals surface area (Å²) < 4.78 is 13.9. The molecule has 1 aliphatic rings. The number of benzene rings is 2. The molecule has 1 N–H and O–H groups in total. The van der Waals surface area contributed by atoms with E-state index in [2.05, 4.69) is 10.3 Å². The van der Waals surface area contributed by atoms with Gasteiger partial charge < -0.3 is 5.32 Å². The van der Waals surface area contributed by atoms with Gasteiger partial charge in [0.25, 0.3) is 0 Å². The molecule has 2 aromatic carbocycles. The lowest BCUT2D eigenvalue weighted by molar-refractivity contribution is 0.0982. The lowest BCUT2D eigenvalue weighted by Crippen LogP contribution is -2.24. The Labute approximate surface area is 181 Å². The molecule has 1 fully saturated rings. The Morgan fingerprint density at radius 3 is 2.67 bits per heavy atom. The van der Waals surface area contributed by atoms with Crippen LogP contribution >= 0.6 is 11.6 Å². The van der Waals surface area contributed by atoms with Crippen LogP contribution in [0.5, 0.6) is 0 Å². The van der Waals surface area contributed by atoms with E-state index in [1.54, 1.807) is 12.3 Å². The zero-order valence-electron chi connectivity index (χ0n) is 17.2. The number of hydrogen-bond donors (Lipinski definition) is 1. The maximum absolute atomic E-state index is 13.9. The highest BCUT2D eigenvalue weighted by atomic mass is 35.5. The van der Waals surface area contributed by atoms with Crippen LogP contribution in [0.3, 0.4) is 0 Å². The molecule has 0 amide bonds. The van der Waals surface area contributed by atoms with Gasteiger partial charge in [-0.3, -0.25) is 9.78 Å². The number of halogens is 2. The third-order valence-electron chi connectivity index (χ3n) is 5.79. The standard InChI is InChI=1S/C25H26ClFN2O/c1-2-6-24(30)22-15-28-23-10-9-16(17-11-18(26)14-19(27)12-17)13-21(23)25(22)29-20-7-4-3-5-8-20/h9-15,20H,2-8H2,1H3,(H,28,29). The van der Waals surface area contributed by atoms with Gasteiger partial charge in [-0.15, -0.1) is 0 Å². The van der Waals surface area contributed by atoms with Crippen molar-refractivity contribution in [2.75, 3.05) is 5.32 Å². The maximum Gasteiger partial charge on any atom is 0.166 e. The summed E-state index contributed by atoms with van der Waals surface area (Å²) in [4.78, 5) is 17.4. The van der Waals surface area contributed by atoms with Crippen LogP contribution < -0.4 is 5.32 Å². The number of carbonyl (C=O) groups excluding carboxylic acids is 1. The molecule has 1 heterocycles. The van der Waals surface area contributed by atoms with Crippen LogP contribution in [0.15, 0.2) is 42.6 Å². The van der Waals surface area contributed by atoms with E-state index in [9.17, 15) is 9.18 Å². The first kappa shape index (κ1) is 20.8. The third kappa shape index (κ3) is 4.49. The van der Waals surface area contributed by atoms with Crippen molar-refractivity contribution in [1.29, 1.82) is 0 Å². The van der Waals surface area contributed by atoms with Crippen molar-refractivity contribution < 1.29 is 9.18 Å². The van der Waals surface area contributed by atoms with Crippen LogP contribution in [0, 0.1) is 5.82 Å².